The van der Waals surface area contributed by atoms with Gasteiger partial charge in [-0.15, -0.1) is 0 Å². The summed E-state index contributed by atoms with van der Waals surface area (Å²) in [5.41, 5.74) is 2.16. The molecular weight excluding hydrogens is 240 g/mol. The van der Waals surface area contributed by atoms with Crippen LogP contribution in [0.5, 0.6) is 0 Å². The van der Waals surface area contributed by atoms with E-state index in [9.17, 15) is 4.79 Å². The molecule has 0 bridgehead atoms. The Morgan fingerprint density at radius 3 is 1.95 bits per heavy atom. The van der Waals surface area contributed by atoms with Crippen molar-refractivity contribution < 1.29 is 19.0 Å². The summed E-state index contributed by atoms with van der Waals surface area (Å²) in [6, 6.07) is 7.88. The molecule has 0 aromatic carbocycles. The quantitative estimate of drug-likeness (QED) is 0.645. The molecule has 0 saturated carbocycles. The largest absolute Gasteiger partial charge is 0.477 e. The molecule has 0 saturated heterocycles. The zero-order valence-corrected chi connectivity index (χ0v) is 10.6. The number of aliphatic carboxylic acids is 1. The summed E-state index contributed by atoms with van der Waals surface area (Å²) in [6.07, 6.45) is 9.38. The van der Waals surface area contributed by atoms with Gasteiger partial charge in [-0.1, -0.05) is 6.58 Å². The molecule has 4 heteroatoms. The molecule has 0 spiro atoms. The Bertz CT molecular complexity index is 574. The number of carbonyl (C=O) groups is 1. The van der Waals surface area contributed by atoms with Crippen molar-refractivity contribution >= 4 is 5.97 Å². The van der Waals surface area contributed by atoms with E-state index in [1.807, 2.05) is 47.3 Å². The van der Waals surface area contributed by atoms with E-state index in [0.29, 0.717) is 0 Å². The first-order valence-corrected chi connectivity index (χ1v) is 6.00. The van der Waals surface area contributed by atoms with Gasteiger partial charge in [-0.3, -0.25) is 0 Å². The first-order valence-electron chi connectivity index (χ1n) is 6.00. The molecule has 0 aliphatic rings. The molecule has 19 heavy (non-hydrogen) atoms. The molecule has 4 nitrogen and oxygen atoms in total. The van der Waals surface area contributed by atoms with Crippen LogP contribution >= 0.6 is 0 Å². The first kappa shape index (κ1) is 13.0. The van der Waals surface area contributed by atoms with E-state index < -0.39 is 5.97 Å². The summed E-state index contributed by atoms with van der Waals surface area (Å²) in [7, 11) is 0. The Labute approximate surface area is 111 Å². The second-order valence-electron chi connectivity index (χ2n) is 4.23. The van der Waals surface area contributed by atoms with E-state index in [1.54, 1.807) is 17.0 Å². The minimum absolute atomic E-state index is 0.0194. The van der Waals surface area contributed by atoms with Crippen LogP contribution in [0.1, 0.15) is 0 Å². The highest BCUT2D eigenvalue weighted by molar-refractivity contribution is 5.65. The predicted molar refractivity (Wildman–Crippen MR) is 70.1 cm³/mol. The summed E-state index contributed by atoms with van der Waals surface area (Å²) in [6.45, 7) is 4.46. The topological polar surface area (TPSA) is 45.1 Å². The summed E-state index contributed by atoms with van der Waals surface area (Å²) < 4.78 is 3.66. The molecular formula is C15H16N2O2+2. The van der Waals surface area contributed by atoms with Gasteiger partial charge in [-0.05, 0) is 17.2 Å². The van der Waals surface area contributed by atoms with E-state index in [4.69, 9.17) is 5.11 Å². The average Bonchev–Trinajstić information content (AvgIpc) is 2.40. The van der Waals surface area contributed by atoms with Crippen LogP contribution in [0.3, 0.4) is 0 Å². The van der Waals surface area contributed by atoms with Crippen molar-refractivity contribution in [2.45, 2.75) is 13.1 Å². The van der Waals surface area contributed by atoms with E-state index in [1.165, 1.54) is 0 Å². The molecule has 2 aromatic heterocycles. The third-order valence-corrected chi connectivity index (χ3v) is 2.77. The number of allylic oxidation sites excluding steroid dienone is 1. The molecule has 2 heterocycles. The molecule has 0 amide bonds. The zero-order chi connectivity index (χ0) is 13.7. The number of carboxylic acid groups (broad SMARTS) is 1. The minimum Gasteiger partial charge on any atom is -0.477 e. The first-order chi connectivity index (χ1) is 9.19. The standard InChI is InChI=1S/C15H15N2O2/c1-2-7-16-8-3-13(4-9-16)14-5-10-17(11-6-14)12-15(18)19/h2-6,8-11H,1,7,12H2/q+1/p+1. The molecule has 0 aliphatic heterocycles. The van der Waals surface area contributed by atoms with Crippen LogP contribution < -0.4 is 9.13 Å². The van der Waals surface area contributed by atoms with E-state index >= 15 is 0 Å². The zero-order valence-electron chi connectivity index (χ0n) is 10.6. The molecule has 0 unspecified atom stereocenters. The Morgan fingerprint density at radius 2 is 1.53 bits per heavy atom. The monoisotopic (exact) mass is 256 g/mol. The molecule has 0 fully saturated rings. The molecule has 1 N–H and O–H groups in total. The number of carboxylic acids is 1. The van der Waals surface area contributed by atoms with Crippen molar-refractivity contribution in [1.29, 1.82) is 0 Å². The summed E-state index contributed by atoms with van der Waals surface area (Å²) in [4.78, 5) is 10.6. The number of rotatable bonds is 5. The smallest absolute Gasteiger partial charge is 0.370 e. The average molecular weight is 256 g/mol. The SMILES string of the molecule is C=CC[n+]1ccc(-c2cc[n+](CC(=O)O)cc2)cc1. The van der Waals surface area contributed by atoms with Crippen molar-refractivity contribution in [3.63, 3.8) is 0 Å². The van der Waals surface area contributed by atoms with Crippen molar-refractivity contribution in [1.82, 2.24) is 0 Å². The lowest BCUT2D eigenvalue weighted by atomic mass is 10.1. The lowest BCUT2D eigenvalue weighted by Crippen LogP contribution is -2.36. The van der Waals surface area contributed by atoms with Gasteiger partial charge in [-0.2, -0.15) is 4.57 Å². The molecule has 2 aromatic rings. The Morgan fingerprint density at radius 1 is 1.05 bits per heavy atom. The maximum absolute atomic E-state index is 10.6. The van der Waals surface area contributed by atoms with Crippen LogP contribution in [0, 0.1) is 0 Å². The number of hydrogen-bond donors (Lipinski definition) is 1. The second kappa shape index (κ2) is 5.91. The van der Waals surface area contributed by atoms with Crippen LogP contribution in [0.25, 0.3) is 11.1 Å². The highest BCUT2D eigenvalue weighted by Gasteiger charge is 2.08. The van der Waals surface area contributed by atoms with Crippen LogP contribution in [0.4, 0.5) is 0 Å². The predicted octanol–water partition coefficient (Wildman–Crippen LogP) is 1.20. The van der Waals surface area contributed by atoms with Crippen molar-refractivity contribution in [3.05, 3.63) is 61.7 Å². The van der Waals surface area contributed by atoms with Gasteiger partial charge in [0.25, 0.3) is 0 Å². The Hall–Kier alpha value is -2.49. The van der Waals surface area contributed by atoms with Gasteiger partial charge in [-0.25, -0.2) is 9.36 Å². The normalized spacial score (nSPS) is 10.1. The van der Waals surface area contributed by atoms with Gasteiger partial charge >= 0.3 is 5.97 Å². The lowest BCUT2D eigenvalue weighted by Gasteiger charge is -1.99. The molecule has 0 aliphatic carbocycles. The van der Waals surface area contributed by atoms with Gasteiger partial charge in [0.05, 0.1) is 0 Å². The van der Waals surface area contributed by atoms with E-state index in [-0.39, 0.29) is 6.54 Å². The highest BCUT2D eigenvalue weighted by Crippen LogP contribution is 2.15. The molecule has 96 valence electrons. The highest BCUT2D eigenvalue weighted by atomic mass is 16.4. The summed E-state index contributed by atoms with van der Waals surface area (Å²) in [5.74, 6) is -0.845. The van der Waals surface area contributed by atoms with Gasteiger partial charge in [0.2, 0.25) is 6.54 Å². The van der Waals surface area contributed by atoms with Crippen LogP contribution in [0.2, 0.25) is 0 Å². The molecule has 0 atom stereocenters. The van der Waals surface area contributed by atoms with Gasteiger partial charge in [0.15, 0.2) is 31.3 Å². The Kier molecular flexibility index (Phi) is 4.03. The van der Waals surface area contributed by atoms with Gasteiger partial charge < -0.3 is 5.11 Å². The molecule has 0 radical (unpaired) electrons. The van der Waals surface area contributed by atoms with Crippen molar-refractivity contribution in [2.24, 2.45) is 0 Å². The summed E-state index contributed by atoms with van der Waals surface area (Å²) in [5, 5.41) is 8.70. The number of aromatic nitrogens is 2. The van der Waals surface area contributed by atoms with Gasteiger partial charge in [0.1, 0.15) is 0 Å². The number of hydrogen-bond acceptors (Lipinski definition) is 1. The fourth-order valence-corrected chi connectivity index (χ4v) is 1.83. The number of pyridine rings is 2. The van der Waals surface area contributed by atoms with Crippen molar-refractivity contribution in [2.75, 3.05) is 0 Å². The van der Waals surface area contributed by atoms with Crippen molar-refractivity contribution in [3.8, 4) is 11.1 Å². The van der Waals surface area contributed by atoms with E-state index in [0.717, 1.165) is 17.7 Å². The Balaban J connectivity index is 2.17. The van der Waals surface area contributed by atoms with Gasteiger partial charge in [0, 0.05) is 24.3 Å². The maximum Gasteiger partial charge on any atom is 0.370 e. The minimum atomic E-state index is -0.845. The number of nitrogens with zero attached hydrogens (tertiary/aromatic N) is 2. The van der Waals surface area contributed by atoms with Crippen LogP contribution in [0.15, 0.2) is 61.7 Å². The third kappa shape index (κ3) is 3.48. The van der Waals surface area contributed by atoms with Crippen LogP contribution in [-0.2, 0) is 17.9 Å². The van der Waals surface area contributed by atoms with E-state index in [2.05, 4.69) is 6.58 Å². The van der Waals surface area contributed by atoms with Crippen LogP contribution in [-0.4, -0.2) is 11.1 Å². The summed E-state index contributed by atoms with van der Waals surface area (Å²) >= 11 is 0. The fraction of sp³-hybridized carbons (Fsp3) is 0.133. The lowest BCUT2D eigenvalue weighted by molar-refractivity contribution is -0.687. The second-order valence-corrected chi connectivity index (χ2v) is 4.23. The maximum atomic E-state index is 10.6. The fourth-order valence-electron chi connectivity index (χ4n) is 1.83. The molecule has 2 rings (SSSR count). The third-order valence-electron chi connectivity index (χ3n) is 2.77.